The fourth-order valence-corrected chi connectivity index (χ4v) is 1.76. The molecule has 0 bridgehead atoms. The van der Waals surface area contributed by atoms with Crippen molar-refractivity contribution in [2.75, 3.05) is 17.6 Å². The van der Waals surface area contributed by atoms with Gasteiger partial charge >= 0.3 is 0 Å². The van der Waals surface area contributed by atoms with Crippen LogP contribution in [0.25, 0.3) is 5.65 Å². The summed E-state index contributed by atoms with van der Waals surface area (Å²) in [7, 11) is -3.48. The van der Waals surface area contributed by atoms with Gasteiger partial charge in [-0.3, -0.25) is 4.40 Å². The minimum atomic E-state index is -3.48. The molecule has 8 nitrogen and oxygen atoms in total. The molecule has 0 aliphatic rings. The van der Waals surface area contributed by atoms with Crippen LogP contribution >= 0.6 is 0 Å². The van der Waals surface area contributed by atoms with Crippen LogP contribution in [-0.2, 0) is 10.0 Å². The summed E-state index contributed by atoms with van der Waals surface area (Å²) in [6.45, 7) is 1.99. The molecule has 0 atom stereocenters. The molecule has 2 rings (SSSR count). The maximum absolute atomic E-state index is 10.8. The predicted molar refractivity (Wildman–Crippen MR) is 62.0 cm³/mol. The Labute approximate surface area is 97.9 Å². The Morgan fingerprint density at radius 2 is 2.24 bits per heavy atom. The normalized spacial score (nSPS) is 11.9. The van der Waals surface area contributed by atoms with Gasteiger partial charge in [0, 0.05) is 18.9 Å². The van der Waals surface area contributed by atoms with Gasteiger partial charge < -0.3 is 5.32 Å². The molecule has 0 aromatic carbocycles. The van der Waals surface area contributed by atoms with Crippen molar-refractivity contribution in [3.63, 3.8) is 0 Å². The summed E-state index contributed by atoms with van der Waals surface area (Å²) >= 11 is 0. The van der Waals surface area contributed by atoms with Gasteiger partial charge in [0.25, 0.3) is 0 Å². The van der Waals surface area contributed by atoms with E-state index in [1.54, 1.807) is 16.8 Å². The Morgan fingerprint density at radius 3 is 2.94 bits per heavy atom. The first-order valence-electron chi connectivity index (χ1n) is 4.88. The van der Waals surface area contributed by atoms with Gasteiger partial charge in [-0.05, 0) is 6.92 Å². The molecule has 0 fully saturated rings. The van der Waals surface area contributed by atoms with Gasteiger partial charge in [0.2, 0.25) is 15.7 Å². The SMILES string of the molecule is Cc1nnc2c(NCCS(N)(=O)=O)nccn12. The molecular formula is C8H12N6O2S. The number of aromatic nitrogens is 4. The van der Waals surface area contributed by atoms with E-state index in [1.165, 1.54) is 0 Å². The van der Waals surface area contributed by atoms with Gasteiger partial charge in [-0.1, -0.05) is 0 Å². The average molecular weight is 256 g/mol. The van der Waals surface area contributed by atoms with Crippen molar-refractivity contribution >= 4 is 21.5 Å². The summed E-state index contributed by atoms with van der Waals surface area (Å²) in [6, 6.07) is 0. The van der Waals surface area contributed by atoms with Gasteiger partial charge in [0.1, 0.15) is 5.82 Å². The lowest BCUT2D eigenvalue weighted by atomic mass is 10.5. The zero-order chi connectivity index (χ0) is 12.5. The Hall–Kier alpha value is -1.74. The monoisotopic (exact) mass is 256 g/mol. The van der Waals surface area contributed by atoms with Crippen molar-refractivity contribution < 1.29 is 8.42 Å². The standard InChI is InChI=1S/C8H12N6O2S/c1-6-12-13-8-7(10-2-4-14(6)8)11-3-5-17(9,15)16/h2,4H,3,5H2,1H3,(H,10,11)(H2,9,15,16). The lowest BCUT2D eigenvalue weighted by Crippen LogP contribution is -2.22. The van der Waals surface area contributed by atoms with Gasteiger partial charge in [-0.25, -0.2) is 18.5 Å². The number of hydrogen-bond acceptors (Lipinski definition) is 6. The number of nitrogens with one attached hydrogen (secondary N) is 1. The molecule has 17 heavy (non-hydrogen) atoms. The van der Waals surface area contributed by atoms with Crippen LogP contribution in [0.15, 0.2) is 12.4 Å². The van der Waals surface area contributed by atoms with Crippen LogP contribution in [-0.4, -0.2) is 40.3 Å². The Bertz CT molecular complexity index is 635. The van der Waals surface area contributed by atoms with Crippen LogP contribution in [0.4, 0.5) is 5.82 Å². The summed E-state index contributed by atoms with van der Waals surface area (Å²) in [6.07, 6.45) is 3.32. The van der Waals surface area contributed by atoms with E-state index >= 15 is 0 Å². The average Bonchev–Trinajstić information content (AvgIpc) is 2.60. The van der Waals surface area contributed by atoms with Crippen LogP contribution < -0.4 is 10.5 Å². The zero-order valence-corrected chi connectivity index (χ0v) is 9.98. The van der Waals surface area contributed by atoms with Gasteiger partial charge in [0.15, 0.2) is 5.82 Å². The summed E-state index contributed by atoms with van der Waals surface area (Å²) in [5, 5.41) is 15.6. The minimum absolute atomic E-state index is 0.164. The number of primary sulfonamides is 1. The quantitative estimate of drug-likeness (QED) is 0.735. The fourth-order valence-electron chi connectivity index (χ4n) is 1.38. The van der Waals surface area contributed by atoms with Crippen molar-refractivity contribution in [2.24, 2.45) is 5.14 Å². The second-order valence-corrected chi connectivity index (χ2v) is 5.24. The second kappa shape index (κ2) is 4.26. The summed E-state index contributed by atoms with van der Waals surface area (Å²) in [5.74, 6) is 1.05. The van der Waals surface area contributed by atoms with E-state index in [0.29, 0.717) is 11.5 Å². The molecule has 0 aliphatic heterocycles. The third kappa shape index (κ3) is 2.68. The smallest absolute Gasteiger partial charge is 0.210 e. The molecule has 2 heterocycles. The van der Waals surface area contributed by atoms with Crippen LogP contribution in [0.2, 0.25) is 0 Å². The maximum Gasteiger partial charge on any atom is 0.210 e. The lowest BCUT2D eigenvalue weighted by Gasteiger charge is -2.05. The first-order valence-corrected chi connectivity index (χ1v) is 6.59. The van der Waals surface area contributed by atoms with Gasteiger partial charge in [-0.15, -0.1) is 10.2 Å². The highest BCUT2D eigenvalue weighted by atomic mass is 32.2. The molecule has 0 amide bonds. The maximum atomic E-state index is 10.8. The van der Waals surface area contributed by atoms with Crippen LogP contribution in [0.3, 0.4) is 0 Å². The summed E-state index contributed by atoms with van der Waals surface area (Å²) in [5.41, 5.74) is 0.555. The number of aryl methyl sites for hydroxylation is 1. The number of rotatable bonds is 4. The molecule has 0 unspecified atom stereocenters. The van der Waals surface area contributed by atoms with E-state index in [2.05, 4.69) is 20.5 Å². The summed E-state index contributed by atoms with van der Waals surface area (Å²) in [4.78, 5) is 4.07. The third-order valence-electron chi connectivity index (χ3n) is 2.18. The Morgan fingerprint density at radius 1 is 1.47 bits per heavy atom. The summed E-state index contributed by atoms with van der Waals surface area (Å²) < 4.78 is 23.3. The second-order valence-electron chi connectivity index (χ2n) is 3.51. The first kappa shape index (κ1) is 11.7. The number of fused-ring (bicyclic) bond motifs is 1. The van der Waals surface area contributed by atoms with Crippen LogP contribution in [0.1, 0.15) is 5.82 Å². The molecule has 3 N–H and O–H groups in total. The molecule has 9 heteroatoms. The van der Waals surface area contributed by atoms with E-state index in [0.717, 1.165) is 5.82 Å². The fraction of sp³-hybridized carbons (Fsp3) is 0.375. The van der Waals surface area contributed by atoms with E-state index in [9.17, 15) is 8.42 Å². The molecule has 92 valence electrons. The highest BCUT2D eigenvalue weighted by molar-refractivity contribution is 7.89. The van der Waals surface area contributed by atoms with Crippen LogP contribution in [0.5, 0.6) is 0 Å². The van der Waals surface area contributed by atoms with E-state index in [1.807, 2.05) is 6.92 Å². The Balaban J connectivity index is 2.19. The lowest BCUT2D eigenvalue weighted by molar-refractivity contribution is 0.598. The van der Waals surface area contributed by atoms with Crippen LogP contribution in [0, 0.1) is 6.92 Å². The number of nitrogens with zero attached hydrogens (tertiary/aromatic N) is 4. The van der Waals surface area contributed by atoms with Crippen molar-refractivity contribution in [3.8, 4) is 0 Å². The number of anilines is 1. The molecule has 0 aliphatic carbocycles. The van der Waals surface area contributed by atoms with E-state index in [4.69, 9.17) is 5.14 Å². The van der Waals surface area contributed by atoms with Gasteiger partial charge in [-0.2, -0.15) is 0 Å². The molecule has 0 saturated carbocycles. The molecule has 0 saturated heterocycles. The molecule has 0 radical (unpaired) electrons. The van der Waals surface area contributed by atoms with Gasteiger partial charge in [0.05, 0.1) is 5.75 Å². The largest absolute Gasteiger partial charge is 0.366 e. The molecule has 2 aromatic heterocycles. The van der Waals surface area contributed by atoms with E-state index < -0.39 is 10.0 Å². The van der Waals surface area contributed by atoms with Crippen molar-refractivity contribution in [1.82, 2.24) is 19.6 Å². The first-order chi connectivity index (χ1) is 7.97. The van der Waals surface area contributed by atoms with Crippen molar-refractivity contribution in [2.45, 2.75) is 6.92 Å². The molecule has 0 spiro atoms. The Kier molecular flexibility index (Phi) is 2.94. The van der Waals surface area contributed by atoms with E-state index in [-0.39, 0.29) is 12.3 Å². The molecular weight excluding hydrogens is 244 g/mol. The van der Waals surface area contributed by atoms with Crippen molar-refractivity contribution in [1.29, 1.82) is 0 Å². The highest BCUT2D eigenvalue weighted by Crippen LogP contribution is 2.11. The number of nitrogens with two attached hydrogens (primary N) is 1. The predicted octanol–water partition coefficient (Wildman–Crippen LogP) is -0.867. The minimum Gasteiger partial charge on any atom is -0.366 e. The zero-order valence-electron chi connectivity index (χ0n) is 9.16. The topological polar surface area (TPSA) is 115 Å². The van der Waals surface area contributed by atoms with Crippen molar-refractivity contribution in [3.05, 3.63) is 18.2 Å². The third-order valence-corrected chi connectivity index (χ3v) is 2.95. The number of sulfonamides is 1. The highest BCUT2D eigenvalue weighted by Gasteiger charge is 2.08. The number of hydrogen-bond donors (Lipinski definition) is 2. The molecule has 2 aromatic rings.